The van der Waals surface area contributed by atoms with E-state index in [0.717, 1.165) is 29.7 Å². The molecule has 1 heterocycles. The van der Waals surface area contributed by atoms with Crippen molar-refractivity contribution in [1.82, 2.24) is 15.1 Å². The summed E-state index contributed by atoms with van der Waals surface area (Å²) in [5, 5.41) is 16.9. The molecular formula is C35H30Cl2F3N3O3. The van der Waals surface area contributed by atoms with Gasteiger partial charge in [0.1, 0.15) is 5.52 Å². The first-order valence-corrected chi connectivity index (χ1v) is 15.4. The zero-order valence-corrected chi connectivity index (χ0v) is 26.2. The number of carboxylic acid groups (broad SMARTS) is 1. The number of halogens is 5. The van der Waals surface area contributed by atoms with Crippen molar-refractivity contribution < 1.29 is 27.9 Å². The quantitative estimate of drug-likeness (QED) is 0.147. The van der Waals surface area contributed by atoms with Crippen LogP contribution in [0.25, 0.3) is 16.6 Å². The highest BCUT2D eigenvalue weighted by atomic mass is 35.5. The normalized spacial score (nSPS) is 13.0. The predicted octanol–water partition coefficient (Wildman–Crippen LogP) is 9.27. The second kappa shape index (κ2) is 14.0. The van der Waals surface area contributed by atoms with Gasteiger partial charge in [-0.3, -0.25) is 9.59 Å². The molecule has 1 amide bonds. The van der Waals surface area contributed by atoms with Gasteiger partial charge in [-0.1, -0.05) is 79.0 Å². The Morgan fingerprint density at radius 2 is 1.59 bits per heavy atom. The summed E-state index contributed by atoms with van der Waals surface area (Å²) in [5.41, 5.74) is 2.58. The minimum Gasteiger partial charge on any atom is -0.481 e. The standard InChI is InChI=1S/C35H30Cl2F3N3O3/c1-2-6-27(21-9-11-23(12-10-21)34(46)41-18-17-30(44)45)31(22-13-15-25(36)16-14-22)33-28-19-24(35(38,39)40)20-29(37)32(28)42-43(33)26-7-4-3-5-8-26/h3-5,7-16,19-20,27,31H,2,6,17-18H2,1H3,(H,41,46)(H,44,45). The molecular weight excluding hydrogens is 638 g/mol. The van der Waals surface area contributed by atoms with Crippen LogP contribution >= 0.6 is 23.2 Å². The van der Waals surface area contributed by atoms with Crippen LogP contribution in [0.2, 0.25) is 10.0 Å². The number of alkyl halides is 3. The number of carboxylic acids is 1. The molecule has 4 aromatic carbocycles. The fraction of sp³-hybridized carbons (Fsp3) is 0.229. The van der Waals surface area contributed by atoms with E-state index in [9.17, 15) is 22.8 Å². The first-order chi connectivity index (χ1) is 22.0. The number of hydrogen-bond donors (Lipinski definition) is 2. The third-order valence-corrected chi connectivity index (χ3v) is 8.39. The minimum absolute atomic E-state index is 0.00790. The van der Waals surface area contributed by atoms with E-state index in [1.807, 2.05) is 61.5 Å². The number of aliphatic carboxylic acids is 1. The molecule has 1 aromatic heterocycles. The average Bonchev–Trinajstić information content (AvgIpc) is 3.41. The molecule has 2 N–H and O–H groups in total. The van der Waals surface area contributed by atoms with Gasteiger partial charge in [0.05, 0.1) is 28.4 Å². The van der Waals surface area contributed by atoms with Crippen molar-refractivity contribution in [1.29, 1.82) is 0 Å². The number of amides is 1. The summed E-state index contributed by atoms with van der Waals surface area (Å²) >= 11 is 12.8. The van der Waals surface area contributed by atoms with E-state index in [0.29, 0.717) is 28.4 Å². The Morgan fingerprint density at radius 3 is 2.20 bits per heavy atom. The van der Waals surface area contributed by atoms with E-state index in [2.05, 4.69) is 5.32 Å². The SMILES string of the molecule is CCCC(c1ccc(C(=O)NCCC(=O)O)cc1)C(c1ccc(Cl)cc1)c1c2cc(C(F)(F)F)cc(Cl)c2nn1-c1ccccc1. The fourth-order valence-electron chi connectivity index (χ4n) is 5.75. The number of para-hydroxylation sites is 1. The van der Waals surface area contributed by atoms with Crippen molar-refractivity contribution in [2.75, 3.05) is 6.54 Å². The molecule has 0 bridgehead atoms. The zero-order valence-electron chi connectivity index (χ0n) is 24.7. The van der Waals surface area contributed by atoms with Crippen molar-refractivity contribution in [3.63, 3.8) is 0 Å². The summed E-state index contributed by atoms with van der Waals surface area (Å²) in [4.78, 5) is 23.5. The van der Waals surface area contributed by atoms with Crippen molar-refractivity contribution in [3.8, 4) is 5.69 Å². The van der Waals surface area contributed by atoms with Crippen LogP contribution in [0.15, 0.2) is 91.0 Å². The van der Waals surface area contributed by atoms with E-state index >= 15 is 0 Å². The highest BCUT2D eigenvalue weighted by Gasteiger charge is 2.36. The lowest BCUT2D eigenvalue weighted by atomic mass is 9.76. The largest absolute Gasteiger partial charge is 0.481 e. The minimum atomic E-state index is -4.64. The first kappa shape index (κ1) is 33.0. The number of rotatable bonds is 11. The average molecular weight is 669 g/mol. The van der Waals surface area contributed by atoms with Gasteiger partial charge in [0.25, 0.3) is 5.91 Å². The molecule has 5 rings (SSSR count). The maximum atomic E-state index is 14.1. The summed E-state index contributed by atoms with van der Waals surface area (Å²) in [5.74, 6) is -2.21. The Kier molecular flexibility index (Phi) is 10.0. The molecule has 0 aliphatic rings. The van der Waals surface area contributed by atoms with Gasteiger partial charge in [-0.15, -0.1) is 0 Å². The molecule has 0 spiro atoms. The number of aromatic nitrogens is 2. The third-order valence-electron chi connectivity index (χ3n) is 7.85. The highest BCUT2D eigenvalue weighted by molar-refractivity contribution is 6.35. The second-order valence-corrected chi connectivity index (χ2v) is 11.8. The van der Waals surface area contributed by atoms with E-state index < -0.39 is 29.5 Å². The van der Waals surface area contributed by atoms with Gasteiger partial charge in [0.2, 0.25) is 0 Å². The predicted molar refractivity (Wildman–Crippen MR) is 173 cm³/mol. The van der Waals surface area contributed by atoms with E-state index in [1.54, 1.807) is 28.9 Å². The summed E-state index contributed by atoms with van der Waals surface area (Å²) in [6, 6.07) is 25.4. The number of hydrogen-bond acceptors (Lipinski definition) is 3. The second-order valence-electron chi connectivity index (χ2n) is 10.9. The smallest absolute Gasteiger partial charge is 0.416 e. The van der Waals surface area contributed by atoms with Crippen LogP contribution in [0.3, 0.4) is 0 Å². The van der Waals surface area contributed by atoms with Crippen LogP contribution in [0.4, 0.5) is 13.2 Å². The number of carbonyl (C=O) groups excluding carboxylic acids is 1. The van der Waals surface area contributed by atoms with Gasteiger partial charge >= 0.3 is 12.1 Å². The molecule has 0 fully saturated rings. The van der Waals surface area contributed by atoms with Gasteiger partial charge in [-0.25, -0.2) is 4.68 Å². The Hall–Kier alpha value is -4.34. The molecule has 0 saturated carbocycles. The zero-order chi connectivity index (χ0) is 33.0. The molecule has 0 aliphatic heterocycles. The molecule has 5 aromatic rings. The Labute approximate surface area is 273 Å². The summed E-state index contributed by atoms with van der Waals surface area (Å²) in [6.07, 6.45) is -3.44. The molecule has 2 atom stereocenters. The molecule has 11 heteroatoms. The lowest BCUT2D eigenvalue weighted by Gasteiger charge is -2.30. The molecule has 238 valence electrons. The molecule has 46 heavy (non-hydrogen) atoms. The van der Waals surface area contributed by atoms with Crippen molar-refractivity contribution in [3.05, 3.63) is 129 Å². The van der Waals surface area contributed by atoms with Crippen LogP contribution in [-0.4, -0.2) is 33.3 Å². The van der Waals surface area contributed by atoms with Crippen LogP contribution in [0.1, 0.15) is 70.8 Å². The van der Waals surface area contributed by atoms with Gasteiger partial charge < -0.3 is 10.4 Å². The highest BCUT2D eigenvalue weighted by Crippen LogP contribution is 2.47. The van der Waals surface area contributed by atoms with E-state index in [4.69, 9.17) is 33.4 Å². The molecule has 0 aliphatic carbocycles. The van der Waals surface area contributed by atoms with Crippen LogP contribution in [-0.2, 0) is 11.0 Å². The number of benzene rings is 4. The molecule has 6 nitrogen and oxygen atoms in total. The monoisotopic (exact) mass is 667 g/mol. The van der Waals surface area contributed by atoms with E-state index in [-0.39, 0.29) is 34.8 Å². The van der Waals surface area contributed by atoms with Crippen molar-refractivity contribution >= 4 is 46.0 Å². The van der Waals surface area contributed by atoms with E-state index in [1.165, 1.54) is 0 Å². The Bertz CT molecular complexity index is 1840. The van der Waals surface area contributed by atoms with Gasteiger partial charge in [0, 0.05) is 28.4 Å². The number of nitrogens with zero attached hydrogens (tertiary/aromatic N) is 2. The van der Waals surface area contributed by atoms with Gasteiger partial charge in [0.15, 0.2) is 0 Å². The van der Waals surface area contributed by atoms with Gasteiger partial charge in [-0.05, 0) is 72.0 Å². The first-order valence-electron chi connectivity index (χ1n) is 14.7. The topological polar surface area (TPSA) is 84.2 Å². The Morgan fingerprint density at radius 1 is 0.935 bits per heavy atom. The molecule has 0 saturated heterocycles. The van der Waals surface area contributed by atoms with Crippen LogP contribution < -0.4 is 5.32 Å². The number of carbonyl (C=O) groups is 2. The van der Waals surface area contributed by atoms with Gasteiger partial charge in [-0.2, -0.15) is 18.3 Å². The maximum absolute atomic E-state index is 14.1. The summed E-state index contributed by atoms with van der Waals surface area (Å²) in [6.45, 7) is 2.02. The fourth-order valence-corrected chi connectivity index (χ4v) is 6.13. The molecule has 0 radical (unpaired) electrons. The third kappa shape index (κ3) is 7.21. The maximum Gasteiger partial charge on any atom is 0.416 e. The van der Waals surface area contributed by atoms with Crippen LogP contribution in [0.5, 0.6) is 0 Å². The number of nitrogens with one attached hydrogen (secondary N) is 1. The lowest BCUT2D eigenvalue weighted by molar-refractivity contribution is -0.138. The molecule has 2 unspecified atom stereocenters. The van der Waals surface area contributed by atoms with Crippen molar-refractivity contribution in [2.45, 2.75) is 44.2 Å². The van der Waals surface area contributed by atoms with Crippen molar-refractivity contribution in [2.24, 2.45) is 0 Å². The summed E-state index contributed by atoms with van der Waals surface area (Å²) in [7, 11) is 0. The Balaban J connectivity index is 1.73. The number of fused-ring (bicyclic) bond motifs is 1. The summed E-state index contributed by atoms with van der Waals surface area (Å²) < 4.78 is 44.1. The van der Waals surface area contributed by atoms with Crippen LogP contribution in [0, 0.1) is 0 Å². The lowest BCUT2D eigenvalue weighted by Crippen LogP contribution is -2.26.